The molecule has 0 radical (unpaired) electrons. The Morgan fingerprint density at radius 3 is 2.12 bits per heavy atom. The Morgan fingerprint density at radius 1 is 0.906 bits per heavy atom. The summed E-state index contributed by atoms with van der Waals surface area (Å²) in [6, 6.07) is 21.3. The highest BCUT2D eigenvalue weighted by Crippen LogP contribution is 2.25. The first-order valence-electron chi connectivity index (χ1n) is 10.3. The van der Waals surface area contributed by atoms with Crippen molar-refractivity contribution in [3.8, 4) is 0 Å². The molecule has 3 aromatic rings. The molecule has 168 valence electrons. The quantitative estimate of drug-likeness (QED) is 0.512. The minimum Gasteiger partial charge on any atom is -0.380 e. The molecule has 0 aliphatic rings. The molecule has 3 rings (SSSR count). The Hall–Kier alpha value is -3.16. The highest BCUT2D eigenvalue weighted by Gasteiger charge is 2.25. The summed E-state index contributed by atoms with van der Waals surface area (Å²) in [7, 11) is -2.24. The van der Waals surface area contributed by atoms with Gasteiger partial charge in [0.05, 0.1) is 17.2 Å². The van der Waals surface area contributed by atoms with Crippen LogP contribution in [0.1, 0.15) is 23.1 Å². The number of carbonyl (C=O) groups excluding carboxylic acids is 1. The number of rotatable bonds is 9. The van der Waals surface area contributed by atoms with E-state index in [0.29, 0.717) is 18.0 Å². The Morgan fingerprint density at radius 2 is 1.50 bits per heavy atom. The molecule has 7 heteroatoms. The van der Waals surface area contributed by atoms with E-state index in [2.05, 4.69) is 5.32 Å². The monoisotopic (exact) mass is 452 g/mol. The smallest absolute Gasteiger partial charge is 0.264 e. The van der Waals surface area contributed by atoms with Crippen molar-refractivity contribution in [3.05, 3.63) is 89.5 Å². The fourth-order valence-electron chi connectivity index (χ4n) is 3.28. The number of ether oxygens (including phenoxy) is 1. The summed E-state index contributed by atoms with van der Waals surface area (Å²) >= 11 is 0. The highest BCUT2D eigenvalue weighted by atomic mass is 32.2. The molecule has 0 unspecified atom stereocenters. The van der Waals surface area contributed by atoms with Crippen LogP contribution in [0.3, 0.4) is 0 Å². The van der Waals surface area contributed by atoms with Gasteiger partial charge >= 0.3 is 0 Å². The number of methoxy groups -OCH3 is 1. The third-order valence-corrected chi connectivity index (χ3v) is 6.91. The van der Waals surface area contributed by atoms with E-state index >= 15 is 0 Å². The first-order chi connectivity index (χ1) is 15.3. The molecule has 0 saturated heterocycles. The van der Waals surface area contributed by atoms with Gasteiger partial charge in [0.15, 0.2) is 0 Å². The van der Waals surface area contributed by atoms with Gasteiger partial charge in [-0.1, -0.05) is 53.6 Å². The van der Waals surface area contributed by atoms with Crippen molar-refractivity contribution in [1.82, 2.24) is 0 Å². The van der Waals surface area contributed by atoms with E-state index in [1.54, 1.807) is 49.6 Å². The van der Waals surface area contributed by atoms with Gasteiger partial charge in [-0.25, -0.2) is 8.42 Å². The summed E-state index contributed by atoms with van der Waals surface area (Å²) < 4.78 is 33.3. The topological polar surface area (TPSA) is 75.7 Å². The number of nitrogens with one attached hydrogen (secondary N) is 1. The number of benzene rings is 3. The molecule has 1 N–H and O–H groups in total. The van der Waals surface area contributed by atoms with Crippen LogP contribution in [0.2, 0.25) is 0 Å². The number of carbonyl (C=O) groups is 1. The summed E-state index contributed by atoms with van der Waals surface area (Å²) in [5.74, 6) is -0.273. The number of amides is 1. The van der Waals surface area contributed by atoms with E-state index in [-0.39, 0.29) is 23.8 Å². The van der Waals surface area contributed by atoms with Crippen LogP contribution >= 0.6 is 0 Å². The molecule has 0 saturated carbocycles. The average molecular weight is 453 g/mol. The first-order valence-corrected chi connectivity index (χ1v) is 11.8. The predicted molar refractivity (Wildman–Crippen MR) is 127 cm³/mol. The third kappa shape index (κ3) is 5.75. The van der Waals surface area contributed by atoms with Crippen LogP contribution < -0.4 is 9.62 Å². The average Bonchev–Trinajstić information content (AvgIpc) is 2.77. The largest absolute Gasteiger partial charge is 0.380 e. The summed E-state index contributed by atoms with van der Waals surface area (Å²) in [6.45, 7) is 4.22. The van der Waals surface area contributed by atoms with Crippen molar-refractivity contribution in [3.63, 3.8) is 0 Å². The van der Waals surface area contributed by atoms with Crippen LogP contribution in [0.4, 0.5) is 11.4 Å². The fourth-order valence-corrected chi connectivity index (χ4v) is 4.74. The second-order valence-corrected chi connectivity index (χ2v) is 9.48. The summed E-state index contributed by atoms with van der Waals surface area (Å²) in [5, 5.41) is 2.87. The molecule has 0 aromatic heterocycles. The van der Waals surface area contributed by atoms with Crippen LogP contribution in [0.5, 0.6) is 0 Å². The van der Waals surface area contributed by atoms with Crippen molar-refractivity contribution in [1.29, 1.82) is 0 Å². The van der Waals surface area contributed by atoms with Gasteiger partial charge < -0.3 is 10.1 Å². The molecular formula is C25H28N2O4S. The number of para-hydroxylation sites is 1. The zero-order valence-corrected chi connectivity index (χ0v) is 19.4. The van der Waals surface area contributed by atoms with Crippen LogP contribution in [0.25, 0.3) is 0 Å². The zero-order valence-electron chi connectivity index (χ0n) is 18.5. The van der Waals surface area contributed by atoms with Crippen molar-refractivity contribution < 1.29 is 17.9 Å². The molecule has 0 aliphatic carbocycles. The van der Waals surface area contributed by atoms with E-state index in [1.165, 1.54) is 4.31 Å². The second kappa shape index (κ2) is 10.4. The Kier molecular flexibility index (Phi) is 7.66. The van der Waals surface area contributed by atoms with E-state index in [9.17, 15) is 13.2 Å². The van der Waals surface area contributed by atoms with Gasteiger partial charge in [-0.2, -0.15) is 0 Å². The SMILES string of the molecule is COCc1ccccc1NC(=O)CCN(c1ccc(C)cc1)S(=O)(=O)c1ccc(C)cc1. The maximum atomic E-state index is 13.4. The number of hydrogen-bond acceptors (Lipinski definition) is 4. The number of anilines is 2. The van der Waals surface area contributed by atoms with Crippen LogP contribution in [0.15, 0.2) is 77.7 Å². The molecule has 6 nitrogen and oxygen atoms in total. The molecule has 0 heterocycles. The summed E-state index contributed by atoms with van der Waals surface area (Å²) in [4.78, 5) is 12.9. The lowest BCUT2D eigenvalue weighted by Gasteiger charge is -2.25. The Labute approximate surface area is 189 Å². The van der Waals surface area contributed by atoms with Gasteiger partial charge in [0, 0.05) is 31.3 Å². The number of hydrogen-bond donors (Lipinski definition) is 1. The van der Waals surface area contributed by atoms with E-state index < -0.39 is 10.0 Å². The van der Waals surface area contributed by atoms with E-state index in [4.69, 9.17) is 4.74 Å². The predicted octanol–water partition coefficient (Wildman–Crippen LogP) is 4.67. The lowest BCUT2D eigenvalue weighted by molar-refractivity contribution is -0.116. The molecule has 0 fully saturated rings. The lowest BCUT2D eigenvalue weighted by atomic mass is 10.2. The molecule has 0 atom stereocenters. The third-order valence-electron chi connectivity index (χ3n) is 5.06. The highest BCUT2D eigenvalue weighted by molar-refractivity contribution is 7.92. The minimum atomic E-state index is -3.84. The number of sulfonamides is 1. The van der Waals surface area contributed by atoms with Gasteiger partial charge in [0.2, 0.25) is 5.91 Å². The summed E-state index contributed by atoms with van der Waals surface area (Å²) in [5.41, 5.74) is 4.02. The minimum absolute atomic E-state index is 0.000282. The zero-order chi connectivity index (χ0) is 23.1. The van der Waals surface area contributed by atoms with Crippen molar-refractivity contribution in [2.75, 3.05) is 23.3 Å². The van der Waals surface area contributed by atoms with Crippen LogP contribution in [-0.4, -0.2) is 28.0 Å². The molecule has 3 aromatic carbocycles. The van der Waals surface area contributed by atoms with Crippen molar-refractivity contribution >= 4 is 27.3 Å². The molecule has 32 heavy (non-hydrogen) atoms. The van der Waals surface area contributed by atoms with Crippen molar-refractivity contribution in [2.45, 2.75) is 31.8 Å². The first kappa shape index (κ1) is 23.5. The Balaban J connectivity index is 1.83. The maximum absolute atomic E-state index is 13.4. The van der Waals surface area contributed by atoms with Gasteiger partial charge in [0.1, 0.15) is 0 Å². The van der Waals surface area contributed by atoms with Gasteiger partial charge in [0.25, 0.3) is 10.0 Å². The van der Waals surface area contributed by atoms with Crippen LogP contribution in [-0.2, 0) is 26.2 Å². The number of aryl methyl sites for hydroxylation is 2. The summed E-state index contributed by atoms with van der Waals surface area (Å²) in [6.07, 6.45) is 0.000282. The van der Waals surface area contributed by atoms with Gasteiger partial charge in [-0.05, 0) is 44.2 Å². The molecule has 0 spiro atoms. The number of nitrogens with zero attached hydrogens (tertiary/aromatic N) is 1. The molecular weight excluding hydrogens is 424 g/mol. The Bertz CT molecular complexity index is 1160. The van der Waals surface area contributed by atoms with Gasteiger partial charge in [-0.15, -0.1) is 0 Å². The lowest BCUT2D eigenvalue weighted by Crippen LogP contribution is -2.34. The van der Waals surface area contributed by atoms with E-state index in [0.717, 1.165) is 16.7 Å². The van der Waals surface area contributed by atoms with Gasteiger partial charge in [-0.3, -0.25) is 9.10 Å². The van der Waals surface area contributed by atoms with Crippen LogP contribution in [0, 0.1) is 13.8 Å². The van der Waals surface area contributed by atoms with E-state index in [1.807, 2.05) is 44.2 Å². The maximum Gasteiger partial charge on any atom is 0.264 e. The fraction of sp³-hybridized carbons (Fsp3) is 0.240. The van der Waals surface area contributed by atoms with Crippen molar-refractivity contribution in [2.24, 2.45) is 0 Å². The molecule has 1 amide bonds. The normalized spacial score (nSPS) is 11.2. The molecule has 0 aliphatic heterocycles. The molecule has 0 bridgehead atoms. The standard InChI is InChI=1S/C25H28N2O4S/c1-19-8-12-22(13-9-19)27(32(29,30)23-14-10-20(2)11-15-23)17-16-25(28)26-24-7-5-4-6-21(24)18-31-3/h4-15H,16-18H2,1-3H3,(H,26,28). The second-order valence-electron chi connectivity index (χ2n) is 7.61.